The Kier molecular flexibility index (Phi) is 9.50. The lowest BCUT2D eigenvalue weighted by Gasteiger charge is -2.17. The molecule has 0 amide bonds. The predicted molar refractivity (Wildman–Crippen MR) is 154 cm³/mol. The molecule has 206 valence electrons. The van der Waals surface area contributed by atoms with Crippen molar-refractivity contribution in [1.29, 1.82) is 5.26 Å². The van der Waals surface area contributed by atoms with Gasteiger partial charge in [-0.2, -0.15) is 5.26 Å². The second-order valence-electron chi connectivity index (χ2n) is 8.76. The number of hydrogen-bond donors (Lipinski definition) is 2. The molecule has 4 aromatic rings. The summed E-state index contributed by atoms with van der Waals surface area (Å²) in [5.41, 5.74) is 2.43. The minimum absolute atomic E-state index is 0.0627. The molecule has 0 aliphatic rings. The molecule has 0 spiro atoms. The van der Waals surface area contributed by atoms with Crippen molar-refractivity contribution in [2.24, 2.45) is 10.2 Å². The Labute approximate surface area is 235 Å². The molecule has 0 saturated carbocycles. The number of nitriles is 1. The van der Waals surface area contributed by atoms with Crippen LogP contribution in [0.3, 0.4) is 0 Å². The van der Waals surface area contributed by atoms with Crippen molar-refractivity contribution in [1.82, 2.24) is 19.7 Å². The molecular formula is C27H29N9O3S. The molecule has 0 saturated heterocycles. The van der Waals surface area contributed by atoms with Crippen LogP contribution < -0.4 is 10.6 Å². The number of aromatic nitrogens is 4. The molecule has 3 heterocycles. The SMILES string of the molecule is C=CC(=O)OCCCNc1cc(C)c(N=Nc2nn(-c3nc4ccccc4s3)cc2C#N)c(NC(C)COC)n1. The molecule has 1 unspecified atom stereocenters. The number of methoxy groups -OCH3 is 1. The molecular weight excluding hydrogens is 530 g/mol. The number of nitrogens with one attached hydrogen (secondary N) is 2. The monoisotopic (exact) mass is 559 g/mol. The Morgan fingerprint density at radius 3 is 2.90 bits per heavy atom. The number of thiazole rings is 1. The highest BCUT2D eigenvalue weighted by Gasteiger charge is 2.16. The number of hydrogen-bond acceptors (Lipinski definition) is 12. The van der Waals surface area contributed by atoms with E-state index in [9.17, 15) is 10.1 Å². The Morgan fingerprint density at radius 2 is 2.15 bits per heavy atom. The number of nitrogens with zero attached hydrogens (tertiary/aromatic N) is 7. The van der Waals surface area contributed by atoms with Crippen LogP contribution in [0, 0.1) is 18.3 Å². The molecule has 4 rings (SSSR count). The average Bonchev–Trinajstić information content (AvgIpc) is 3.56. The molecule has 0 fully saturated rings. The number of para-hydroxylation sites is 1. The van der Waals surface area contributed by atoms with Gasteiger partial charge in [0.05, 0.1) is 29.6 Å². The second kappa shape index (κ2) is 13.4. The van der Waals surface area contributed by atoms with Gasteiger partial charge in [0.1, 0.15) is 23.1 Å². The highest BCUT2D eigenvalue weighted by atomic mass is 32.1. The molecule has 1 atom stereocenters. The summed E-state index contributed by atoms with van der Waals surface area (Å²) < 4.78 is 12.8. The zero-order valence-corrected chi connectivity index (χ0v) is 23.2. The van der Waals surface area contributed by atoms with Crippen molar-refractivity contribution in [2.45, 2.75) is 26.3 Å². The van der Waals surface area contributed by atoms with Gasteiger partial charge in [-0.1, -0.05) is 30.0 Å². The first-order chi connectivity index (χ1) is 19.4. The third-order valence-electron chi connectivity index (χ3n) is 5.56. The van der Waals surface area contributed by atoms with E-state index in [0.717, 1.165) is 21.9 Å². The molecule has 1 aromatic carbocycles. The fraction of sp³-hybridized carbons (Fsp3) is 0.296. The molecule has 0 bridgehead atoms. The Hall–Kier alpha value is -4.67. The van der Waals surface area contributed by atoms with Gasteiger partial charge in [0, 0.05) is 25.8 Å². The average molecular weight is 560 g/mol. The summed E-state index contributed by atoms with van der Waals surface area (Å²) in [5, 5.41) is 30.1. The third kappa shape index (κ3) is 7.04. The smallest absolute Gasteiger partial charge is 0.330 e. The highest BCUT2D eigenvalue weighted by molar-refractivity contribution is 7.20. The number of esters is 1. The van der Waals surface area contributed by atoms with Crippen LogP contribution in [-0.2, 0) is 14.3 Å². The zero-order valence-electron chi connectivity index (χ0n) is 22.4. The van der Waals surface area contributed by atoms with Crippen LogP contribution in [0.4, 0.5) is 23.1 Å². The lowest BCUT2D eigenvalue weighted by molar-refractivity contribution is -0.137. The summed E-state index contributed by atoms with van der Waals surface area (Å²) >= 11 is 1.47. The Morgan fingerprint density at radius 1 is 1.32 bits per heavy atom. The van der Waals surface area contributed by atoms with E-state index < -0.39 is 5.97 Å². The van der Waals surface area contributed by atoms with Crippen molar-refractivity contribution in [3.8, 4) is 11.2 Å². The Bertz CT molecular complexity index is 1540. The largest absolute Gasteiger partial charge is 0.462 e. The first-order valence-electron chi connectivity index (χ1n) is 12.5. The van der Waals surface area contributed by atoms with Crippen LogP contribution in [0.15, 0.2) is 59.4 Å². The Balaban J connectivity index is 1.57. The molecule has 12 nitrogen and oxygen atoms in total. The molecule has 13 heteroatoms. The number of anilines is 2. The lowest BCUT2D eigenvalue weighted by atomic mass is 10.2. The van der Waals surface area contributed by atoms with Crippen LogP contribution in [-0.4, -0.2) is 58.6 Å². The van der Waals surface area contributed by atoms with Crippen LogP contribution >= 0.6 is 11.3 Å². The van der Waals surface area contributed by atoms with Crippen LogP contribution in [0.2, 0.25) is 0 Å². The summed E-state index contributed by atoms with van der Waals surface area (Å²) in [6.45, 7) is 8.50. The third-order valence-corrected chi connectivity index (χ3v) is 6.59. The molecule has 0 radical (unpaired) electrons. The first kappa shape index (κ1) is 28.3. The van der Waals surface area contributed by atoms with E-state index in [4.69, 9.17) is 9.47 Å². The van der Waals surface area contributed by atoms with Gasteiger partial charge in [0.25, 0.3) is 0 Å². The van der Waals surface area contributed by atoms with E-state index in [-0.39, 0.29) is 24.0 Å². The summed E-state index contributed by atoms with van der Waals surface area (Å²) in [4.78, 5) is 20.5. The number of ether oxygens (including phenoxy) is 2. The normalized spacial score (nSPS) is 11.8. The molecule has 40 heavy (non-hydrogen) atoms. The fourth-order valence-electron chi connectivity index (χ4n) is 3.70. The number of carbonyl (C=O) groups is 1. The van der Waals surface area contributed by atoms with Gasteiger partial charge in [-0.15, -0.1) is 15.3 Å². The van der Waals surface area contributed by atoms with E-state index in [2.05, 4.69) is 48.6 Å². The maximum atomic E-state index is 11.2. The standard InChI is InChI=1S/C27H29N9O3S/c1-5-23(37)39-12-8-11-29-22-13-17(2)24(26(32-22)30-18(3)16-38-4)33-34-25-19(14-28)15-36(35-25)27-31-20-9-6-7-10-21(20)40-27/h5-7,9-10,13,15,18H,1,8,11-12,16H2,2-4H3,(H2,29,30,32). The number of carbonyl (C=O) groups excluding carboxylic acids is 1. The number of rotatable bonds is 13. The van der Waals surface area contributed by atoms with E-state index in [1.807, 2.05) is 44.2 Å². The molecule has 0 aliphatic carbocycles. The van der Waals surface area contributed by atoms with Crippen LogP contribution in [0.25, 0.3) is 15.3 Å². The highest BCUT2D eigenvalue weighted by Crippen LogP contribution is 2.33. The van der Waals surface area contributed by atoms with Crippen LogP contribution in [0.1, 0.15) is 24.5 Å². The summed E-state index contributed by atoms with van der Waals surface area (Å²) in [6, 6.07) is 11.7. The topological polar surface area (TPSA) is 152 Å². The van der Waals surface area contributed by atoms with E-state index >= 15 is 0 Å². The number of aryl methyl sites for hydroxylation is 1. The van der Waals surface area contributed by atoms with Crippen molar-refractivity contribution >= 4 is 50.7 Å². The lowest BCUT2D eigenvalue weighted by Crippen LogP contribution is -2.22. The van der Waals surface area contributed by atoms with Gasteiger partial charge in [0.15, 0.2) is 5.82 Å². The summed E-state index contributed by atoms with van der Waals surface area (Å²) in [6.07, 6.45) is 3.32. The van der Waals surface area contributed by atoms with Gasteiger partial charge in [-0.05, 0) is 44.0 Å². The maximum Gasteiger partial charge on any atom is 0.330 e. The number of benzene rings is 1. The maximum absolute atomic E-state index is 11.2. The quantitative estimate of drug-likeness (QED) is 0.0942. The van der Waals surface area contributed by atoms with E-state index in [1.54, 1.807) is 18.0 Å². The second-order valence-corrected chi connectivity index (χ2v) is 9.77. The number of pyridine rings is 1. The van der Waals surface area contributed by atoms with E-state index in [0.29, 0.717) is 42.0 Å². The van der Waals surface area contributed by atoms with Gasteiger partial charge in [-0.3, -0.25) is 0 Å². The number of azo groups is 1. The summed E-state index contributed by atoms with van der Waals surface area (Å²) in [5.74, 6) is 0.842. The summed E-state index contributed by atoms with van der Waals surface area (Å²) in [7, 11) is 1.62. The van der Waals surface area contributed by atoms with Crippen LogP contribution in [0.5, 0.6) is 0 Å². The molecule has 3 aromatic heterocycles. The zero-order chi connectivity index (χ0) is 28.5. The van der Waals surface area contributed by atoms with Crippen molar-refractivity contribution in [3.63, 3.8) is 0 Å². The fourth-order valence-corrected chi connectivity index (χ4v) is 4.59. The molecule has 2 N–H and O–H groups in total. The first-order valence-corrected chi connectivity index (χ1v) is 13.3. The van der Waals surface area contributed by atoms with E-state index in [1.165, 1.54) is 11.3 Å². The number of fused-ring (bicyclic) bond motifs is 1. The minimum Gasteiger partial charge on any atom is -0.462 e. The van der Waals surface area contributed by atoms with Gasteiger partial charge in [-0.25, -0.2) is 19.4 Å². The van der Waals surface area contributed by atoms with Gasteiger partial charge in [0.2, 0.25) is 10.9 Å². The van der Waals surface area contributed by atoms with Crippen molar-refractivity contribution in [2.75, 3.05) is 37.5 Å². The van der Waals surface area contributed by atoms with Crippen molar-refractivity contribution in [3.05, 3.63) is 60.3 Å². The van der Waals surface area contributed by atoms with Crippen molar-refractivity contribution < 1.29 is 14.3 Å². The van der Waals surface area contributed by atoms with Gasteiger partial charge >= 0.3 is 5.97 Å². The molecule has 0 aliphatic heterocycles. The van der Waals surface area contributed by atoms with Gasteiger partial charge < -0.3 is 20.1 Å². The minimum atomic E-state index is -0.452. The predicted octanol–water partition coefficient (Wildman–Crippen LogP) is 5.45.